The van der Waals surface area contributed by atoms with Crippen LogP contribution < -0.4 is 4.90 Å². The van der Waals surface area contributed by atoms with Gasteiger partial charge in [-0.15, -0.1) is 0 Å². The quantitative estimate of drug-likeness (QED) is 0.872. The highest BCUT2D eigenvalue weighted by Gasteiger charge is 2.20. The summed E-state index contributed by atoms with van der Waals surface area (Å²) < 4.78 is 0. The standard InChI is InChI=1S/C16H28N2OS/c1-7-13(11-20-6)18(5)15-9-12(10-19)8-14(17-15)16(2,3)4/h8-9,13,19H,7,10-11H2,1-6H3. The fourth-order valence-corrected chi connectivity index (χ4v) is 2.95. The predicted molar refractivity (Wildman–Crippen MR) is 89.7 cm³/mol. The number of thioether (sulfide) groups is 1. The van der Waals surface area contributed by atoms with Crippen LogP contribution in [0.1, 0.15) is 45.4 Å². The van der Waals surface area contributed by atoms with Crippen molar-refractivity contribution in [3.63, 3.8) is 0 Å². The van der Waals surface area contributed by atoms with Gasteiger partial charge in [0.15, 0.2) is 0 Å². The van der Waals surface area contributed by atoms with Crippen LogP contribution >= 0.6 is 11.8 Å². The maximum Gasteiger partial charge on any atom is 0.129 e. The molecule has 114 valence electrons. The van der Waals surface area contributed by atoms with Crippen molar-refractivity contribution < 1.29 is 5.11 Å². The van der Waals surface area contributed by atoms with Gasteiger partial charge < -0.3 is 10.0 Å². The Bertz CT molecular complexity index is 429. The monoisotopic (exact) mass is 296 g/mol. The molecule has 1 heterocycles. The molecule has 0 aliphatic carbocycles. The molecule has 0 aromatic carbocycles. The molecule has 0 saturated heterocycles. The van der Waals surface area contributed by atoms with Crippen molar-refractivity contribution in [3.05, 3.63) is 23.4 Å². The summed E-state index contributed by atoms with van der Waals surface area (Å²) in [5.74, 6) is 2.05. The van der Waals surface area contributed by atoms with Gasteiger partial charge in [-0.1, -0.05) is 27.7 Å². The number of anilines is 1. The van der Waals surface area contributed by atoms with Gasteiger partial charge in [-0.2, -0.15) is 11.8 Å². The van der Waals surface area contributed by atoms with Gasteiger partial charge in [0.05, 0.1) is 6.61 Å². The number of hydrogen-bond acceptors (Lipinski definition) is 4. The van der Waals surface area contributed by atoms with Gasteiger partial charge in [0, 0.05) is 30.0 Å². The second-order valence-electron chi connectivity index (χ2n) is 6.26. The van der Waals surface area contributed by atoms with E-state index in [2.05, 4.69) is 45.9 Å². The summed E-state index contributed by atoms with van der Waals surface area (Å²) in [6.45, 7) is 8.72. The minimum absolute atomic E-state index is 0.0119. The number of aromatic nitrogens is 1. The van der Waals surface area contributed by atoms with Crippen LogP contribution in [-0.2, 0) is 12.0 Å². The van der Waals surface area contributed by atoms with E-state index in [1.54, 1.807) is 0 Å². The topological polar surface area (TPSA) is 36.4 Å². The van der Waals surface area contributed by atoms with E-state index in [1.165, 1.54) is 0 Å². The molecule has 1 N–H and O–H groups in total. The van der Waals surface area contributed by atoms with Crippen molar-refractivity contribution >= 4 is 17.6 Å². The molecular weight excluding hydrogens is 268 g/mol. The molecule has 0 spiro atoms. The molecule has 0 aliphatic heterocycles. The number of hydrogen-bond donors (Lipinski definition) is 1. The van der Waals surface area contributed by atoms with Gasteiger partial charge in [0.2, 0.25) is 0 Å². The van der Waals surface area contributed by atoms with E-state index in [1.807, 2.05) is 23.9 Å². The molecule has 0 radical (unpaired) electrons. The summed E-state index contributed by atoms with van der Waals surface area (Å²) in [6, 6.07) is 4.48. The van der Waals surface area contributed by atoms with Crippen molar-refractivity contribution in [2.45, 2.75) is 52.2 Å². The largest absolute Gasteiger partial charge is 0.392 e. The molecule has 0 amide bonds. The maximum atomic E-state index is 9.48. The van der Waals surface area contributed by atoms with Crippen LogP contribution in [0.4, 0.5) is 5.82 Å². The Hall–Kier alpha value is -0.740. The lowest BCUT2D eigenvalue weighted by molar-refractivity contribution is 0.281. The average molecular weight is 296 g/mol. The van der Waals surface area contributed by atoms with Gasteiger partial charge in [-0.3, -0.25) is 0 Å². The number of rotatable bonds is 6. The third-order valence-electron chi connectivity index (χ3n) is 3.56. The Labute approximate surface area is 127 Å². The Kier molecular flexibility index (Phi) is 6.34. The highest BCUT2D eigenvalue weighted by Crippen LogP contribution is 2.26. The summed E-state index contributed by atoms with van der Waals surface area (Å²) in [7, 11) is 2.10. The first-order valence-electron chi connectivity index (χ1n) is 7.17. The van der Waals surface area contributed by atoms with Crippen LogP contribution in [0.5, 0.6) is 0 Å². The second-order valence-corrected chi connectivity index (χ2v) is 7.17. The van der Waals surface area contributed by atoms with E-state index < -0.39 is 0 Å². The molecule has 0 saturated carbocycles. The van der Waals surface area contributed by atoms with Crippen molar-refractivity contribution in [3.8, 4) is 0 Å². The lowest BCUT2D eigenvalue weighted by Crippen LogP contribution is -2.34. The molecule has 0 aliphatic rings. The average Bonchev–Trinajstić information content (AvgIpc) is 2.42. The number of aliphatic hydroxyl groups excluding tert-OH is 1. The Morgan fingerprint density at radius 3 is 2.45 bits per heavy atom. The lowest BCUT2D eigenvalue weighted by atomic mass is 9.91. The van der Waals surface area contributed by atoms with E-state index in [4.69, 9.17) is 4.98 Å². The third-order valence-corrected chi connectivity index (χ3v) is 4.28. The molecule has 1 aromatic rings. The van der Waals surface area contributed by atoms with Crippen LogP contribution in [0.2, 0.25) is 0 Å². The fraction of sp³-hybridized carbons (Fsp3) is 0.688. The molecule has 1 rings (SSSR count). The van der Waals surface area contributed by atoms with Crippen molar-refractivity contribution in [2.75, 3.05) is 24.0 Å². The lowest BCUT2D eigenvalue weighted by Gasteiger charge is -2.30. The predicted octanol–water partition coefficient (Wildman–Crippen LogP) is 3.45. The molecule has 1 unspecified atom stereocenters. The summed E-state index contributed by atoms with van der Waals surface area (Å²) in [6.07, 6.45) is 3.22. The first-order valence-corrected chi connectivity index (χ1v) is 8.57. The highest BCUT2D eigenvalue weighted by molar-refractivity contribution is 7.98. The SMILES string of the molecule is CCC(CSC)N(C)c1cc(CO)cc(C(C)(C)C)n1. The van der Waals surface area contributed by atoms with E-state index in [0.717, 1.165) is 29.2 Å². The molecule has 0 bridgehead atoms. The molecule has 20 heavy (non-hydrogen) atoms. The summed E-state index contributed by atoms with van der Waals surface area (Å²) in [4.78, 5) is 7.05. The van der Waals surface area contributed by atoms with Crippen LogP contribution in [-0.4, -0.2) is 35.2 Å². The van der Waals surface area contributed by atoms with Crippen LogP contribution in [0.25, 0.3) is 0 Å². The summed E-state index contributed by atoms with van der Waals surface area (Å²) >= 11 is 1.86. The smallest absolute Gasteiger partial charge is 0.129 e. The van der Waals surface area contributed by atoms with Crippen LogP contribution in [0, 0.1) is 0 Å². The maximum absolute atomic E-state index is 9.48. The molecule has 0 fully saturated rings. The number of nitrogens with zero attached hydrogens (tertiary/aromatic N) is 2. The molecular formula is C16H28N2OS. The van der Waals surface area contributed by atoms with Gasteiger partial charge in [0.25, 0.3) is 0 Å². The van der Waals surface area contributed by atoms with Gasteiger partial charge in [0.1, 0.15) is 5.82 Å². The van der Waals surface area contributed by atoms with Gasteiger partial charge in [-0.25, -0.2) is 4.98 Å². The van der Waals surface area contributed by atoms with Crippen molar-refractivity contribution in [2.24, 2.45) is 0 Å². The summed E-state index contributed by atoms with van der Waals surface area (Å²) in [5.41, 5.74) is 1.96. The van der Waals surface area contributed by atoms with E-state index in [9.17, 15) is 5.11 Å². The second kappa shape index (κ2) is 7.32. The Morgan fingerprint density at radius 1 is 1.35 bits per heavy atom. The van der Waals surface area contributed by atoms with Gasteiger partial charge >= 0.3 is 0 Å². The minimum Gasteiger partial charge on any atom is -0.392 e. The Morgan fingerprint density at radius 2 is 2.00 bits per heavy atom. The van der Waals surface area contributed by atoms with E-state index in [0.29, 0.717) is 6.04 Å². The zero-order valence-electron chi connectivity index (χ0n) is 13.6. The number of aliphatic hydroxyl groups is 1. The van der Waals surface area contributed by atoms with Crippen LogP contribution in [0.15, 0.2) is 12.1 Å². The van der Waals surface area contributed by atoms with E-state index >= 15 is 0 Å². The zero-order chi connectivity index (χ0) is 15.3. The molecule has 4 heteroatoms. The Balaban J connectivity index is 3.16. The molecule has 1 aromatic heterocycles. The zero-order valence-corrected chi connectivity index (χ0v) is 14.4. The first kappa shape index (κ1) is 17.3. The first-order chi connectivity index (χ1) is 9.33. The van der Waals surface area contributed by atoms with Crippen molar-refractivity contribution in [1.82, 2.24) is 4.98 Å². The third kappa shape index (κ3) is 4.38. The van der Waals surface area contributed by atoms with Crippen molar-refractivity contribution in [1.29, 1.82) is 0 Å². The molecule has 3 nitrogen and oxygen atoms in total. The summed E-state index contributed by atoms with van der Waals surface area (Å²) in [5, 5.41) is 9.48. The van der Waals surface area contributed by atoms with E-state index in [-0.39, 0.29) is 12.0 Å². The molecule has 1 atom stereocenters. The number of pyridine rings is 1. The fourth-order valence-electron chi connectivity index (χ4n) is 2.11. The normalized spacial score (nSPS) is 13.3. The highest BCUT2D eigenvalue weighted by atomic mass is 32.2. The minimum atomic E-state index is -0.0119. The van der Waals surface area contributed by atoms with Crippen LogP contribution in [0.3, 0.4) is 0 Å². The van der Waals surface area contributed by atoms with Gasteiger partial charge in [-0.05, 0) is 30.4 Å².